The maximum atomic E-state index is 13.5. The van der Waals surface area contributed by atoms with Crippen LogP contribution in [-0.4, -0.2) is 21.3 Å². The fourth-order valence-electron chi connectivity index (χ4n) is 6.98. The van der Waals surface area contributed by atoms with E-state index in [0.717, 1.165) is 24.2 Å². The number of ketones is 1. The van der Waals surface area contributed by atoms with Gasteiger partial charge in [0, 0.05) is 16.5 Å². The SMILES string of the molecule is COc1ccc(C2(c3ccc(Oc4ccc(S(=O)(=O)c5ccc(Oc6ccc(C(=O)c7ccc(C)cc7)cc6)cc5)cc4)cc3)CCCCC2)cc1. The van der Waals surface area contributed by atoms with E-state index in [1.165, 1.54) is 42.5 Å². The lowest BCUT2D eigenvalue weighted by Gasteiger charge is -2.38. The molecule has 52 heavy (non-hydrogen) atoms. The number of carbonyl (C=O) groups excluding carboxylic acids is 1. The molecular weight excluding hydrogens is 669 g/mol. The second-order valence-electron chi connectivity index (χ2n) is 13.3. The summed E-state index contributed by atoms with van der Waals surface area (Å²) in [6.45, 7) is 1.98. The monoisotopic (exact) mass is 708 g/mol. The Balaban J connectivity index is 0.989. The maximum Gasteiger partial charge on any atom is 0.206 e. The average Bonchev–Trinajstić information content (AvgIpc) is 3.19. The van der Waals surface area contributed by atoms with Crippen molar-refractivity contribution in [1.82, 2.24) is 0 Å². The number of rotatable bonds is 11. The van der Waals surface area contributed by atoms with Gasteiger partial charge in [-0.1, -0.05) is 73.4 Å². The summed E-state index contributed by atoms with van der Waals surface area (Å²) in [6.07, 6.45) is 5.81. The molecule has 1 aliphatic rings. The molecule has 6 aromatic rings. The Morgan fingerprint density at radius 2 is 0.865 bits per heavy atom. The summed E-state index contributed by atoms with van der Waals surface area (Å²) < 4.78 is 44.4. The van der Waals surface area contributed by atoms with Gasteiger partial charge in [0.1, 0.15) is 28.7 Å². The first kappa shape index (κ1) is 34.8. The highest BCUT2D eigenvalue weighted by molar-refractivity contribution is 7.91. The molecule has 0 atom stereocenters. The molecule has 6 nitrogen and oxygen atoms in total. The molecule has 0 saturated heterocycles. The van der Waals surface area contributed by atoms with Gasteiger partial charge < -0.3 is 14.2 Å². The van der Waals surface area contributed by atoms with Crippen LogP contribution >= 0.6 is 0 Å². The minimum Gasteiger partial charge on any atom is -0.497 e. The van der Waals surface area contributed by atoms with Crippen molar-refractivity contribution >= 4 is 15.6 Å². The average molecular weight is 709 g/mol. The maximum absolute atomic E-state index is 13.5. The smallest absolute Gasteiger partial charge is 0.206 e. The molecule has 0 amide bonds. The molecule has 7 heteroatoms. The number of benzene rings is 6. The van der Waals surface area contributed by atoms with Gasteiger partial charge in [0.15, 0.2) is 5.78 Å². The van der Waals surface area contributed by atoms with E-state index in [2.05, 4.69) is 24.3 Å². The van der Waals surface area contributed by atoms with Crippen molar-refractivity contribution in [3.8, 4) is 28.7 Å². The summed E-state index contributed by atoms with van der Waals surface area (Å²) in [5.74, 6) is 3.03. The number of hydrogen-bond donors (Lipinski definition) is 0. The van der Waals surface area contributed by atoms with Gasteiger partial charge in [-0.25, -0.2) is 8.42 Å². The predicted octanol–water partition coefficient (Wildman–Crippen LogP) is 10.9. The number of methoxy groups -OCH3 is 1. The first-order valence-electron chi connectivity index (χ1n) is 17.5. The first-order valence-corrected chi connectivity index (χ1v) is 19.0. The highest BCUT2D eigenvalue weighted by Crippen LogP contribution is 2.45. The van der Waals surface area contributed by atoms with Crippen LogP contribution in [0.3, 0.4) is 0 Å². The van der Waals surface area contributed by atoms with E-state index < -0.39 is 9.84 Å². The Morgan fingerprint density at radius 1 is 0.500 bits per heavy atom. The molecule has 0 bridgehead atoms. The zero-order chi connectivity index (χ0) is 36.1. The highest BCUT2D eigenvalue weighted by atomic mass is 32.2. The Hall–Kier alpha value is -5.66. The second-order valence-corrected chi connectivity index (χ2v) is 15.2. The number of ether oxygens (including phenoxy) is 3. The number of aryl methyl sites for hydroxylation is 1. The van der Waals surface area contributed by atoms with E-state index in [0.29, 0.717) is 34.1 Å². The van der Waals surface area contributed by atoms with E-state index in [1.54, 1.807) is 67.8 Å². The minimum absolute atomic E-state index is 0.0430. The van der Waals surface area contributed by atoms with Crippen molar-refractivity contribution in [3.05, 3.63) is 173 Å². The van der Waals surface area contributed by atoms with Crippen molar-refractivity contribution in [2.45, 2.75) is 54.2 Å². The summed E-state index contributed by atoms with van der Waals surface area (Å²) in [6, 6.07) is 43.8. The van der Waals surface area contributed by atoms with Crippen LogP contribution in [0.1, 0.15) is 64.7 Å². The lowest BCUT2D eigenvalue weighted by molar-refractivity contribution is 0.103. The third-order valence-corrected chi connectivity index (χ3v) is 11.7. The minimum atomic E-state index is -3.77. The van der Waals surface area contributed by atoms with Crippen LogP contribution in [0.2, 0.25) is 0 Å². The zero-order valence-corrected chi connectivity index (χ0v) is 30.1. The molecule has 0 heterocycles. The molecule has 1 fully saturated rings. The van der Waals surface area contributed by atoms with Crippen molar-refractivity contribution in [2.75, 3.05) is 7.11 Å². The van der Waals surface area contributed by atoms with Crippen molar-refractivity contribution in [2.24, 2.45) is 0 Å². The number of carbonyl (C=O) groups is 1. The molecule has 262 valence electrons. The van der Waals surface area contributed by atoms with Crippen LogP contribution < -0.4 is 14.2 Å². The molecule has 0 N–H and O–H groups in total. The molecule has 0 unspecified atom stereocenters. The van der Waals surface area contributed by atoms with E-state index in [-0.39, 0.29) is 21.0 Å². The van der Waals surface area contributed by atoms with E-state index >= 15 is 0 Å². The Kier molecular flexibility index (Phi) is 9.97. The van der Waals surface area contributed by atoms with Crippen LogP contribution in [0.25, 0.3) is 0 Å². The molecule has 1 aliphatic carbocycles. The summed E-state index contributed by atoms with van der Waals surface area (Å²) in [7, 11) is -2.09. The summed E-state index contributed by atoms with van der Waals surface area (Å²) in [5.41, 5.74) is 4.80. The van der Waals surface area contributed by atoms with Gasteiger partial charge in [0.25, 0.3) is 0 Å². The molecule has 1 saturated carbocycles. The van der Waals surface area contributed by atoms with Gasteiger partial charge in [0.2, 0.25) is 9.84 Å². The van der Waals surface area contributed by atoms with Crippen LogP contribution in [0.5, 0.6) is 28.7 Å². The van der Waals surface area contributed by atoms with E-state index in [4.69, 9.17) is 14.2 Å². The van der Waals surface area contributed by atoms with Crippen molar-refractivity contribution in [1.29, 1.82) is 0 Å². The standard InChI is InChI=1S/C45H40O6S/c1-32-6-8-33(9-7-32)44(46)34-10-16-38(17-11-34)50-40-22-26-42(27-23-40)52(47,48)43-28-24-41(25-29-43)51-39-20-14-36(15-21-39)45(30-4-3-5-31-45)35-12-18-37(49-2)19-13-35/h6-29H,3-5,30-31H2,1-2H3. The topological polar surface area (TPSA) is 78.9 Å². The van der Waals surface area contributed by atoms with Gasteiger partial charge in [-0.15, -0.1) is 0 Å². The van der Waals surface area contributed by atoms with Crippen molar-refractivity contribution < 1.29 is 27.4 Å². The van der Waals surface area contributed by atoms with Crippen LogP contribution in [0, 0.1) is 6.92 Å². The van der Waals surface area contributed by atoms with Gasteiger partial charge in [0.05, 0.1) is 16.9 Å². The summed E-state index contributed by atoms with van der Waals surface area (Å²) in [4.78, 5) is 13.1. The molecule has 6 aromatic carbocycles. The van der Waals surface area contributed by atoms with Crippen molar-refractivity contribution in [3.63, 3.8) is 0 Å². The van der Waals surface area contributed by atoms with Crippen LogP contribution in [-0.2, 0) is 15.3 Å². The number of hydrogen-bond acceptors (Lipinski definition) is 6. The first-order chi connectivity index (χ1) is 25.2. The van der Waals surface area contributed by atoms with Gasteiger partial charge in [-0.3, -0.25) is 4.79 Å². The van der Waals surface area contributed by atoms with Gasteiger partial charge in [-0.2, -0.15) is 0 Å². The zero-order valence-electron chi connectivity index (χ0n) is 29.2. The van der Waals surface area contributed by atoms with E-state index in [1.807, 2.05) is 55.5 Å². The van der Waals surface area contributed by atoms with Gasteiger partial charge >= 0.3 is 0 Å². The Morgan fingerprint density at radius 3 is 1.29 bits per heavy atom. The van der Waals surface area contributed by atoms with E-state index in [9.17, 15) is 13.2 Å². The molecule has 7 rings (SSSR count). The highest BCUT2D eigenvalue weighted by Gasteiger charge is 2.35. The molecule has 0 aliphatic heterocycles. The molecule has 0 aromatic heterocycles. The Bertz CT molecular complexity index is 2240. The lowest BCUT2D eigenvalue weighted by Crippen LogP contribution is -2.30. The predicted molar refractivity (Wildman–Crippen MR) is 203 cm³/mol. The second kappa shape index (κ2) is 14.9. The third kappa shape index (κ3) is 7.37. The fourth-order valence-corrected chi connectivity index (χ4v) is 8.24. The quantitative estimate of drug-likeness (QED) is 0.125. The summed E-state index contributed by atoms with van der Waals surface area (Å²) in [5, 5.41) is 0. The number of sulfone groups is 1. The molecule has 0 spiro atoms. The normalized spacial score (nSPS) is 14.0. The van der Waals surface area contributed by atoms with Gasteiger partial charge in [-0.05, 0) is 128 Å². The lowest BCUT2D eigenvalue weighted by atomic mass is 9.65. The molecular formula is C45H40O6S. The van der Waals surface area contributed by atoms with Crippen LogP contribution in [0.4, 0.5) is 0 Å². The third-order valence-electron chi connectivity index (χ3n) is 9.93. The Labute approximate surface area is 305 Å². The fraction of sp³-hybridized carbons (Fsp3) is 0.178. The molecule has 0 radical (unpaired) electrons. The summed E-state index contributed by atoms with van der Waals surface area (Å²) >= 11 is 0. The largest absolute Gasteiger partial charge is 0.497 e. The van der Waals surface area contributed by atoms with Crippen LogP contribution in [0.15, 0.2) is 155 Å².